The number of thiazole rings is 1. The van der Waals surface area contributed by atoms with Crippen LogP contribution in [0.15, 0.2) is 46.3 Å². The normalized spacial score (nSPS) is 14.1. The van der Waals surface area contributed by atoms with Gasteiger partial charge in [0.15, 0.2) is 16.3 Å². The van der Waals surface area contributed by atoms with E-state index >= 15 is 0 Å². The molecule has 4 rings (SSSR count). The average Bonchev–Trinajstić information content (AvgIpc) is 2.94. The molecule has 0 N–H and O–H groups in total. The minimum absolute atomic E-state index is 0.236. The average molecular weight is 401 g/mol. The summed E-state index contributed by atoms with van der Waals surface area (Å²) in [6, 6.07) is 11.5. The topological polar surface area (TPSA) is 52.8 Å². The van der Waals surface area contributed by atoms with Crippen molar-refractivity contribution in [3.8, 4) is 11.5 Å². The van der Waals surface area contributed by atoms with Gasteiger partial charge in [-0.15, -0.1) is 11.8 Å². The molecule has 0 atom stereocenters. The fraction of sp³-hybridized carbons (Fsp3) is 0.300. The molecule has 0 saturated carbocycles. The second-order valence-electron chi connectivity index (χ2n) is 6.52. The van der Waals surface area contributed by atoms with Gasteiger partial charge in [0.05, 0.1) is 10.2 Å². The van der Waals surface area contributed by atoms with Gasteiger partial charge in [0, 0.05) is 34.9 Å². The first-order valence-electron chi connectivity index (χ1n) is 8.76. The summed E-state index contributed by atoms with van der Waals surface area (Å²) in [4.78, 5) is 18.8. The summed E-state index contributed by atoms with van der Waals surface area (Å²) in [6.45, 7) is 5.37. The summed E-state index contributed by atoms with van der Waals surface area (Å²) in [5, 5.41) is 0.461. The molecule has 0 bridgehead atoms. The van der Waals surface area contributed by atoms with Gasteiger partial charge in [-0.25, -0.2) is 0 Å². The number of hydrogen-bond acceptors (Lipinski definition) is 5. The van der Waals surface area contributed by atoms with E-state index in [1.54, 1.807) is 11.8 Å². The molecule has 27 heavy (non-hydrogen) atoms. The molecule has 5 nitrogen and oxygen atoms in total. The van der Waals surface area contributed by atoms with E-state index in [9.17, 15) is 4.79 Å². The zero-order valence-electron chi connectivity index (χ0n) is 15.4. The fourth-order valence-electron chi connectivity index (χ4n) is 2.90. The molecule has 2 aromatic carbocycles. The lowest BCUT2D eigenvalue weighted by Crippen LogP contribution is -2.15. The van der Waals surface area contributed by atoms with Crippen LogP contribution in [0.5, 0.6) is 11.5 Å². The van der Waals surface area contributed by atoms with Crippen molar-refractivity contribution < 1.29 is 14.3 Å². The lowest BCUT2D eigenvalue weighted by Gasteiger charge is -2.18. The van der Waals surface area contributed by atoms with E-state index in [1.807, 2.05) is 48.0 Å². The van der Waals surface area contributed by atoms with E-state index < -0.39 is 0 Å². The number of carbonyl (C=O) groups excluding carboxylic acids is 1. The quantitative estimate of drug-likeness (QED) is 0.617. The van der Waals surface area contributed by atoms with Crippen molar-refractivity contribution in [3.63, 3.8) is 0 Å². The van der Waals surface area contributed by atoms with Gasteiger partial charge in [-0.1, -0.05) is 31.3 Å². The van der Waals surface area contributed by atoms with Gasteiger partial charge >= 0.3 is 0 Å². The van der Waals surface area contributed by atoms with Crippen LogP contribution in [-0.4, -0.2) is 28.9 Å². The van der Waals surface area contributed by atoms with Gasteiger partial charge in [0.2, 0.25) is 0 Å². The highest BCUT2D eigenvalue weighted by Gasteiger charge is 2.16. The molecule has 3 aromatic rings. The Labute approximate surface area is 165 Å². The summed E-state index contributed by atoms with van der Waals surface area (Å²) in [5.74, 6) is 1.24. The Balaban J connectivity index is 1.72. The van der Waals surface area contributed by atoms with Crippen LogP contribution in [0.3, 0.4) is 0 Å². The highest BCUT2D eigenvalue weighted by molar-refractivity contribution is 7.99. The molecule has 0 saturated heterocycles. The first-order valence-corrected chi connectivity index (χ1v) is 10.5. The number of hydrogen-bond donors (Lipinski definition) is 0. The summed E-state index contributed by atoms with van der Waals surface area (Å²) < 4.78 is 14.2. The number of fused-ring (bicyclic) bond motifs is 2. The summed E-state index contributed by atoms with van der Waals surface area (Å²) in [6.07, 6.45) is 0. The van der Waals surface area contributed by atoms with Crippen molar-refractivity contribution in [2.45, 2.75) is 24.0 Å². The smallest absolute Gasteiger partial charge is 0.279 e. The first-order chi connectivity index (χ1) is 13.0. The Hall–Kier alpha value is -2.25. The number of nitrogens with zero attached hydrogens (tertiary/aromatic N) is 2. The van der Waals surface area contributed by atoms with Crippen molar-refractivity contribution in [3.05, 3.63) is 46.8 Å². The third-order valence-electron chi connectivity index (χ3n) is 4.12. The van der Waals surface area contributed by atoms with Crippen LogP contribution >= 0.6 is 23.1 Å². The van der Waals surface area contributed by atoms with Crippen molar-refractivity contribution >= 4 is 39.2 Å². The van der Waals surface area contributed by atoms with Crippen molar-refractivity contribution in [1.29, 1.82) is 0 Å². The van der Waals surface area contributed by atoms with Crippen molar-refractivity contribution in [2.75, 3.05) is 13.2 Å². The van der Waals surface area contributed by atoms with Crippen LogP contribution in [0.1, 0.15) is 24.2 Å². The molecule has 7 heteroatoms. The van der Waals surface area contributed by atoms with Crippen molar-refractivity contribution in [1.82, 2.24) is 4.57 Å². The SMILES string of the molecule is CC(C)Sc1cccc(C(=O)N=c2sc3cc4c(cc3n2C)OCCO4)c1. The standard InChI is InChI=1S/C20H20N2O3S2/c1-12(2)26-14-6-4-5-13(9-14)19(23)21-20-22(3)15-10-16-17(11-18(15)27-20)25-8-7-24-16/h4-6,9-12H,7-8H2,1-3H3. The molecule has 1 aliphatic heterocycles. The van der Waals surface area contributed by atoms with Gasteiger partial charge < -0.3 is 14.0 Å². The Morgan fingerprint density at radius 3 is 2.67 bits per heavy atom. The van der Waals surface area contributed by atoms with Crippen LogP contribution in [0, 0.1) is 0 Å². The summed E-state index contributed by atoms with van der Waals surface area (Å²) in [5.41, 5.74) is 1.57. The number of aromatic nitrogens is 1. The molecule has 0 aliphatic carbocycles. The summed E-state index contributed by atoms with van der Waals surface area (Å²) >= 11 is 3.20. The van der Waals surface area contributed by atoms with E-state index in [1.165, 1.54) is 11.3 Å². The number of ether oxygens (including phenoxy) is 2. The van der Waals surface area contributed by atoms with Crippen LogP contribution in [0.25, 0.3) is 10.2 Å². The number of thioether (sulfide) groups is 1. The maximum absolute atomic E-state index is 12.7. The third-order valence-corrected chi connectivity index (χ3v) is 6.22. The van der Waals surface area contributed by atoms with Gasteiger partial charge in [-0.3, -0.25) is 4.79 Å². The predicted molar refractivity (Wildman–Crippen MR) is 109 cm³/mol. The lowest BCUT2D eigenvalue weighted by atomic mass is 10.2. The number of rotatable bonds is 3. The van der Waals surface area contributed by atoms with E-state index in [0.717, 1.165) is 26.6 Å². The Bertz CT molecular complexity index is 1080. The monoisotopic (exact) mass is 400 g/mol. The van der Waals surface area contributed by atoms with E-state index in [2.05, 4.69) is 18.8 Å². The fourth-order valence-corrected chi connectivity index (χ4v) is 4.82. The molecule has 2 heterocycles. The highest BCUT2D eigenvalue weighted by Crippen LogP contribution is 2.35. The molecule has 0 radical (unpaired) electrons. The Kier molecular flexibility index (Phi) is 4.97. The zero-order valence-corrected chi connectivity index (χ0v) is 17.0. The zero-order chi connectivity index (χ0) is 19.0. The molecular weight excluding hydrogens is 380 g/mol. The van der Waals surface area contributed by atoms with Gasteiger partial charge in [-0.2, -0.15) is 4.99 Å². The van der Waals surface area contributed by atoms with Crippen LogP contribution in [-0.2, 0) is 7.05 Å². The van der Waals surface area contributed by atoms with E-state index in [4.69, 9.17) is 9.47 Å². The Morgan fingerprint density at radius 1 is 1.19 bits per heavy atom. The van der Waals surface area contributed by atoms with E-state index in [0.29, 0.717) is 28.8 Å². The maximum Gasteiger partial charge on any atom is 0.279 e. The largest absolute Gasteiger partial charge is 0.486 e. The van der Waals surface area contributed by atoms with Gasteiger partial charge in [0.1, 0.15) is 13.2 Å². The third kappa shape index (κ3) is 3.75. The molecule has 0 fully saturated rings. The number of carbonyl (C=O) groups is 1. The molecule has 0 spiro atoms. The van der Waals surface area contributed by atoms with Crippen LogP contribution in [0.2, 0.25) is 0 Å². The number of benzene rings is 2. The predicted octanol–water partition coefficient (Wildman–Crippen LogP) is 4.25. The number of amides is 1. The van der Waals surface area contributed by atoms with Gasteiger partial charge in [-0.05, 0) is 18.2 Å². The van der Waals surface area contributed by atoms with E-state index in [-0.39, 0.29) is 5.91 Å². The van der Waals surface area contributed by atoms with Crippen molar-refractivity contribution in [2.24, 2.45) is 12.0 Å². The summed E-state index contributed by atoms with van der Waals surface area (Å²) in [7, 11) is 1.91. The minimum atomic E-state index is -0.236. The molecule has 1 amide bonds. The molecule has 0 unspecified atom stereocenters. The lowest BCUT2D eigenvalue weighted by molar-refractivity contribution is 0.0997. The molecule has 1 aromatic heterocycles. The second kappa shape index (κ2) is 7.40. The number of aryl methyl sites for hydroxylation is 1. The molecular formula is C20H20N2O3S2. The molecule has 140 valence electrons. The Morgan fingerprint density at radius 2 is 1.93 bits per heavy atom. The highest BCUT2D eigenvalue weighted by atomic mass is 32.2. The minimum Gasteiger partial charge on any atom is -0.486 e. The molecule has 1 aliphatic rings. The maximum atomic E-state index is 12.7. The van der Waals surface area contributed by atoms with Gasteiger partial charge in [0.25, 0.3) is 5.91 Å². The van der Waals surface area contributed by atoms with Crippen LogP contribution < -0.4 is 14.3 Å². The second-order valence-corrected chi connectivity index (χ2v) is 9.18. The first kappa shape index (κ1) is 18.1. The van der Waals surface area contributed by atoms with Crippen LogP contribution in [0.4, 0.5) is 0 Å².